The van der Waals surface area contributed by atoms with Crippen LogP contribution in [0.3, 0.4) is 0 Å². The van der Waals surface area contributed by atoms with Crippen molar-refractivity contribution in [3.05, 3.63) is 0 Å². The average Bonchev–Trinajstić information content (AvgIpc) is 2.12. The predicted octanol–water partition coefficient (Wildman–Crippen LogP) is 0.832. The lowest BCUT2D eigenvalue weighted by atomic mass is 9.91. The second kappa shape index (κ2) is 4.17. The molecule has 1 nitrogen and oxygen atoms in total. The molecule has 12 heavy (non-hydrogen) atoms. The van der Waals surface area contributed by atoms with Crippen molar-refractivity contribution < 1.29 is 17.8 Å². The molecule has 0 bridgehead atoms. The van der Waals surface area contributed by atoms with E-state index in [0.717, 1.165) is 30.6 Å². The molecule has 1 rings (SSSR count). The number of hydrogen-bond donors (Lipinski definition) is 1. The fourth-order valence-corrected chi connectivity index (χ4v) is 1.76. The number of hydrogen-bond acceptors (Lipinski definition) is 0. The quantitative estimate of drug-likeness (QED) is 0.602. The monoisotopic (exact) mass is 181 g/mol. The summed E-state index contributed by atoms with van der Waals surface area (Å²) in [7, 11) is 0. The third-order valence-corrected chi connectivity index (χ3v) is 2.33. The summed E-state index contributed by atoms with van der Waals surface area (Å²) in [5.41, 5.74) is 0. The Morgan fingerprint density at radius 2 is 1.42 bits per heavy atom. The number of rotatable bonds is 2. The van der Waals surface area contributed by atoms with Gasteiger partial charge in [0.25, 0.3) is 0 Å². The van der Waals surface area contributed by atoms with Crippen molar-refractivity contribution in [1.29, 1.82) is 0 Å². The van der Waals surface area contributed by atoms with Crippen molar-refractivity contribution in [3.63, 3.8) is 0 Å². The van der Waals surface area contributed by atoms with Crippen LogP contribution in [0.1, 0.15) is 25.7 Å². The highest BCUT2D eigenvalue weighted by Crippen LogP contribution is 2.05. The Morgan fingerprint density at radius 1 is 0.917 bits per heavy atom. The summed E-state index contributed by atoms with van der Waals surface area (Å²) in [6, 6.07) is 0. The van der Waals surface area contributed by atoms with Gasteiger partial charge < -0.3 is 17.8 Å². The van der Waals surface area contributed by atoms with Crippen molar-refractivity contribution in [3.8, 4) is 0 Å². The van der Waals surface area contributed by atoms with Crippen LogP contribution in [0.25, 0.3) is 0 Å². The molecule has 5 heteroatoms. The topological polar surface area (TPSA) is 4.44 Å². The van der Waals surface area contributed by atoms with Gasteiger partial charge in [-0.3, -0.25) is 0 Å². The van der Waals surface area contributed by atoms with Crippen molar-refractivity contribution in [2.45, 2.75) is 25.7 Å². The molecule has 1 heterocycles. The summed E-state index contributed by atoms with van der Waals surface area (Å²) in [6.07, 6.45) is 3.55. The zero-order valence-electron chi connectivity index (χ0n) is 7.16. The fourth-order valence-electron chi connectivity index (χ4n) is 1.76. The summed E-state index contributed by atoms with van der Waals surface area (Å²) in [5, 5.41) is 0. The predicted molar refractivity (Wildman–Crippen MR) is 43.1 cm³/mol. The van der Waals surface area contributed by atoms with Gasteiger partial charge in [0.15, 0.2) is 0 Å². The van der Waals surface area contributed by atoms with E-state index in [1.165, 1.54) is 0 Å². The Balaban J connectivity index is 2.30. The number of halogens is 3. The van der Waals surface area contributed by atoms with Crippen LogP contribution in [0.4, 0.5) is 12.9 Å². The molecule has 72 valence electrons. The Morgan fingerprint density at radius 3 is 1.83 bits per heavy atom. The van der Waals surface area contributed by atoms with E-state index < -0.39 is 13.4 Å². The minimum absolute atomic E-state index is 0.583. The highest BCUT2D eigenvalue weighted by Gasteiger charge is 2.30. The normalized spacial score (nSPS) is 22.2. The van der Waals surface area contributed by atoms with Gasteiger partial charge in [0, 0.05) is 0 Å². The van der Waals surface area contributed by atoms with Crippen LogP contribution < -0.4 is 4.90 Å². The van der Waals surface area contributed by atoms with Crippen molar-refractivity contribution in [2.75, 3.05) is 19.5 Å². The molecule has 0 saturated carbocycles. The van der Waals surface area contributed by atoms with Gasteiger partial charge in [-0.25, -0.2) is 0 Å². The zero-order valence-corrected chi connectivity index (χ0v) is 7.16. The minimum Gasteiger partial charge on any atom is -0.445 e. The van der Waals surface area contributed by atoms with Gasteiger partial charge in [-0.1, -0.05) is 0 Å². The van der Waals surface area contributed by atoms with Crippen LogP contribution in [0.5, 0.6) is 0 Å². The maximum atomic E-state index is 12.0. The van der Waals surface area contributed by atoms with Gasteiger partial charge in [0.05, 0.1) is 19.5 Å². The minimum atomic E-state index is -4.58. The van der Waals surface area contributed by atoms with E-state index in [1.54, 1.807) is 0 Å². The smallest absolute Gasteiger partial charge is 0.445 e. The first-order valence-electron chi connectivity index (χ1n) is 4.62. The Bertz CT molecular complexity index is 129. The molecule has 1 aliphatic rings. The van der Waals surface area contributed by atoms with Crippen LogP contribution in [0.15, 0.2) is 0 Å². The number of quaternary nitrogens is 1. The molecule has 0 radical (unpaired) electrons. The summed E-state index contributed by atoms with van der Waals surface area (Å²) < 4.78 is 36.0. The highest BCUT2D eigenvalue weighted by molar-refractivity contribution is 6.58. The molecule has 1 fully saturated rings. The zero-order chi connectivity index (χ0) is 9.03. The molecule has 1 saturated heterocycles. The SMILES string of the molecule is F[B-](F)(F)C[NH+]1CCCCCC1. The summed E-state index contributed by atoms with van der Waals surface area (Å²) in [6.45, 7) is -3.16. The van der Waals surface area contributed by atoms with Gasteiger partial charge in [-0.2, -0.15) is 0 Å². The second-order valence-electron chi connectivity index (χ2n) is 3.58. The van der Waals surface area contributed by atoms with E-state index in [0.29, 0.717) is 13.1 Å². The third kappa shape index (κ3) is 4.00. The Labute approximate surface area is 71.0 Å². The summed E-state index contributed by atoms with van der Waals surface area (Å²) >= 11 is 0. The molecule has 1 aliphatic heterocycles. The summed E-state index contributed by atoms with van der Waals surface area (Å²) in [5.74, 6) is 0. The van der Waals surface area contributed by atoms with E-state index in [4.69, 9.17) is 0 Å². The molecular formula is C7H15BF3N. The maximum absolute atomic E-state index is 12.0. The summed E-state index contributed by atoms with van der Waals surface area (Å²) in [4.78, 5) is 0.736. The van der Waals surface area contributed by atoms with Crippen LogP contribution in [0, 0.1) is 0 Å². The Kier molecular flexibility index (Phi) is 3.44. The van der Waals surface area contributed by atoms with Crippen LogP contribution in [0.2, 0.25) is 0 Å². The Hall–Kier alpha value is -0.185. The van der Waals surface area contributed by atoms with Crippen LogP contribution in [-0.2, 0) is 0 Å². The first kappa shape index (κ1) is 9.90. The standard InChI is InChI=1S/C7H14BF3N/c9-8(10,11)7-12-5-3-1-2-4-6-12/h1-7H2/q-1/p+1. The van der Waals surface area contributed by atoms with Gasteiger partial charge in [0.2, 0.25) is 0 Å². The second-order valence-corrected chi connectivity index (χ2v) is 3.58. The fraction of sp³-hybridized carbons (Fsp3) is 1.00. The van der Waals surface area contributed by atoms with Gasteiger partial charge >= 0.3 is 6.98 Å². The number of nitrogens with one attached hydrogen (secondary N) is 1. The molecule has 0 aromatic carbocycles. The molecule has 0 aromatic rings. The van der Waals surface area contributed by atoms with Crippen molar-refractivity contribution >= 4 is 6.98 Å². The molecule has 0 aliphatic carbocycles. The molecule has 1 N–H and O–H groups in total. The van der Waals surface area contributed by atoms with Crippen LogP contribution in [-0.4, -0.2) is 26.5 Å². The molecule has 0 aromatic heterocycles. The first-order chi connectivity index (χ1) is 5.58. The van der Waals surface area contributed by atoms with E-state index in [2.05, 4.69) is 0 Å². The molecule has 0 unspecified atom stereocenters. The molecule has 0 atom stereocenters. The van der Waals surface area contributed by atoms with E-state index >= 15 is 0 Å². The average molecular weight is 181 g/mol. The lowest BCUT2D eigenvalue weighted by molar-refractivity contribution is -0.890. The molecular weight excluding hydrogens is 166 g/mol. The maximum Gasteiger partial charge on any atom is 0.531 e. The first-order valence-corrected chi connectivity index (χ1v) is 4.62. The number of likely N-dealkylation sites (tertiary alicyclic amines) is 1. The van der Waals surface area contributed by atoms with Gasteiger partial charge in [-0.15, -0.1) is 0 Å². The molecule has 0 amide bonds. The van der Waals surface area contributed by atoms with Crippen LogP contribution >= 0.6 is 0 Å². The van der Waals surface area contributed by atoms with E-state index in [-0.39, 0.29) is 0 Å². The van der Waals surface area contributed by atoms with Crippen molar-refractivity contribution in [2.24, 2.45) is 0 Å². The van der Waals surface area contributed by atoms with E-state index in [1.807, 2.05) is 0 Å². The third-order valence-electron chi connectivity index (χ3n) is 2.33. The largest absolute Gasteiger partial charge is 0.531 e. The lowest BCUT2D eigenvalue weighted by Gasteiger charge is -2.22. The highest BCUT2D eigenvalue weighted by atomic mass is 19.4. The van der Waals surface area contributed by atoms with E-state index in [9.17, 15) is 12.9 Å². The lowest BCUT2D eigenvalue weighted by Crippen LogP contribution is -3.13. The molecule has 0 spiro atoms. The van der Waals surface area contributed by atoms with Gasteiger partial charge in [0.1, 0.15) is 0 Å². The van der Waals surface area contributed by atoms with Crippen molar-refractivity contribution in [1.82, 2.24) is 0 Å². The van der Waals surface area contributed by atoms with Gasteiger partial charge in [-0.05, 0) is 25.7 Å².